The van der Waals surface area contributed by atoms with E-state index >= 15 is 0 Å². The molecule has 162 valence electrons. The van der Waals surface area contributed by atoms with Crippen molar-refractivity contribution < 1.29 is 14.4 Å². The smallest absolute Gasteiger partial charge is 0.280 e. The molecule has 0 spiro atoms. The maximum atomic E-state index is 13.3. The van der Waals surface area contributed by atoms with Gasteiger partial charge in [-0.1, -0.05) is 63.8 Å². The zero-order chi connectivity index (χ0) is 23.2. The number of carbonyl (C=O) groups is 1. The number of nitrogens with one attached hydrogen (secondary N) is 1. The van der Waals surface area contributed by atoms with Crippen LogP contribution in [0.15, 0.2) is 102 Å². The highest BCUT2D eigenvalue weighted by Gasteiger charge is 2.27. The molecule has 0 aliphatic heterocycles. The Bertz CT molecular complexity index is 1320. The van der Waals surface area contributed by atoms with Gasteiger partial charge in [-0.05, 0) is 36.4 Å². The lowest BCUT2D eigenvalue weighted by molar-refractivity contribution is -0.618. The highest BCUT2D eigenvalue weighted by Crippen LogP contribution is 2.18. The number of benzene rings is 3. The first-order valence-electron chi connectivity index (χ1n) is 9.84. The summed E-state index contributed by atoms with van der Waals surface area (Å²) in [7, 11) is 0. The van der Waals surface area contributed by atoms with Crippen LogP contribution >= 0.6 is 11.6 Å². The predicted octanol–water partition coefficient (Wildman–Crippen LogP) is 4.75. The molecule has 4 rings (SSSR count). The van der Waals surface area contributed by atoms with Crippen molar-refractivity contribution in [3.05, 3.63) is 118 Å². The fourth-order valence-electron chi connectivity index (χ4n) is 2.99. The molecule has 0 aliphatic rings. The van der Waals surface area contributed by atoms with Gasteiger partial charge < -0.3 is 0 Å². The van der Waals surface area contributed by atoms with Gasteiger partial charge in [-0.15, -0.1) is 0 Å². The highest BCUT2D eigenvalue weighted by molar-refractivity contribution is 6.41. The molecule has 8 nitrogen and oxygen atoms in total. The normalized spacial score (nSPS) is 11.1. The van der Waals surface area contributed by atoms with Gasteiger partial charge >= 0.3 is 5.84 Å². The Balaban J connectivity index is 1.72. The summed E-state index contributed by atoms with van der Waals surface area (Å²) in [5.74, 6) is -0.328. The van der Waals surface area contributed by atoms with Gasteiger partial charge in [0.1, 0.15) is 11.9 Å². The molecule has 3 aromatic carbocycles. The lowest BCUT2D eigenvalue weighted by Gasteiger charge is -2.04. The van der Waals surface area contributed by atoms with Gasteiger partial charge in [0.05, 0.1) is 15.7 Å². The van der Waals surface area contributed by atoms with E-state index in [1.165, 1.54) is 28.9 Å². The van der Waals surface area contributed by atoms with Crippen LogP contribution in [0, 0.1) is 10.1 Å². The van der Waals surface area contributed by atoms with Crippen LogP contribution in [0.2, 0.25) is 5.02 Å². The molecule has 1 heterocycles. The van der Waals surface area contributed by atoms with E-state index in [4.69, 9.17) is 11.6 Å². The first kappa shape index (κ1) is 21.8. The van der Waals surface area contributed by atoms with Crippen LogP contribution in [-0.4, -0.2) is 21.6 Å². The Morgan fingerprint density at radius 3 is 2.30 bits per heavy atom. The zero-order valence-electron chi connectivity index (χ0n) is 17.1. The van der Waals surface area contributed by atoms with E-state index in [9.17, 15) is 14.9 Å². The monoisotopic (exact) mass is 458 g/mol. The average Bonchev–Trinajstić information content (AvgIpc) is 2.85. The second kappa shape index (κ2) is 9.80. The lowest BCUT2D eigenvalue weighted by atomic mass is 10.1. The molecular weight excluding hydrogens is 442 g/mol. The van der Waals surface area contributed by atoms with Crippen molar-refractivity contribution in [3.8, 4) is 11.3 Å². The summed E-state index contributed by atoms with van der Waals surface area (Å²) in [5, 5.41) is 20.3. The summed E-state index contributed by atoms with van der Waals surface area (Å²) in [6, 6.07) is 25.2. The van der Waals surface area contributed by atoms with Crippen molar-refractivity contribution >= 4 is 34.6 Å². The van der Waals surface area contributed by atoms with Crippen molar-refractivity contribution in [2.75, 3.05) is 5.43 Å². The Hall–Kier alpha value is -4.43. The largest absolute Gasteiger partial charge is 0.421 e. The fraction of sp³-hybridized carbons (Fsp3) is 0. The molecule has 0 saturated carbocycles. The Kier molecular flexibility index (Phi) is 6.47. The fourth-order valence-corrected chi connectivity index (χ4v) is 3.12. The first-order valence-corrected chi connectivity index (χ1v) is 10.2. The number of hydrazone groups is 1. The van der Waals surface area contributed by atoms with E-state index in [0.29, 0.717) is 22.0 Å². The third-order valence-corrected chi connectivity index (χ3v) is 4.91. The maximum Gasteiger partial charge on any atom is 0.421 e. The summed E-state index contributed by atoms with van der Waals surface area (Å²) in [4.78, 5) is 23.6. The van der Waals surface area contributed by atoms with Crippen molar-refractivity contribution in [2.45, 2.75) is 0 Å². The first-order chi connectivity index (χ1) is 16.0. The number of carbonyl (C=O) groups excluding carboxylic acids is 1. The van der Waals surface area contributed by atoms with Crippen molar-refractivity contribution in [2.24, 2.45) is 5.10 Å². The molecule has 0 saturated heterocycles. The van der Waals surface area contributed by atoms with Gasteiger partial charge in [0.2, 0.25) is 0 Å². The van der Waals surface area contributed by atoms with E-state index in [1.54, 1.807) is 48.7 Å². The Labute approximate surface area is 193 Å². The topological polar surface area (TPSA) is 101 Å². The van der Waals surface area contributed by atoms with E-state index in [1.807, 2.05) is 24.3 Å². The van der Waals surface area contributed by atoms with Gasteiger partial charge in [0.15, 0.2) is 0 Å². The number of ketones is 1. The lowest BCUT2D eigenvalue weighted by Crippen LogP contribution is -2.51. The number of aromatic nitrogens is 2. The van der Waals surface area contributed by atoms with Crippen LogP contribution in [0.25, 0.3) is 11.3 Å². The number of nitro groups is 1. The summed E-state index contributed by atoms with van der Waals surface area (Å²) >= 11 is 5.98. The predicted molar refractivity (Wildman–Crippen MR) is 125 cm³/mol. The molecule has 0 bridgehead atoms. The Morgan fingerprint density at radius 1 is 0.939 bits per heavy atom. The Morgan fingerprint density at radius 2 is 1.64 bits per heavy atom. The van der Waals surface area contributed by atoms with Crippen LogP contribution in [0.5, 0.6) is 0 Å². The molecule has 0 amide bonds. The third kappa shape index (κ3) is 5.25. The molecule has 0 radical (unpaired) electrons. The number of nitrogens with zero attached hydrogens (tertiary/aromatic N) is 4. The zero-order valence-corrected chi connectivity index (χ0v) is 17.9. The summed E-state index contributed by atoms with van der Waals surface area (Å²) in [6.07, 6.45) is 1.62. The van der Waals surface area contributed by atoms with E-state index in [2.05, 4.69) is 15.6 Å². The number of Topliss-reactive ketones (excluding diaryl/α,β-unsaturated/α-hetero) is 1. The molecule has 0 aliphatic carbocycles. The minimum absolute atomic E-state index is 0.0235. The second-order valence-corrected chi connectivity index (χ2v) is 7.33. The summed E-state index contributed by atoms with van der Waals surface area (Å²) < 4.78 is 1.39. The van der Waals surface area contributed by atoms with Crippen LogP contribution in [-0.2, 0) is 0 Å². The maximum absolute atomic E-state index is 13.3. The van der Waals surface area contributed by atoms with Gasteiger partial charge in [0, 0.05) is 28.3 Å². The quantitative estimate of drug-likeness (QED) is 0.112. The summed E-state index contributed by atoms with van der Waals surface area (Å²) in [5.41, 5.74) is 5.11. The standard InChI is InChI=1S/C24H16ClN5O3/c25-19-10-8-17(9-11-19)22-7-4-16-29(28-22)24(23(31)18-5-2-1-3-6-18)27-26-20-12-14-21(15-13-20)30(32)33/h1-16H/p+1. The van der Waals surface area contributed by atoms with E-state index in [0.717, 1.165) is 5.56 Å². The number of nitro benzene ring substituents is 1. The van der Waals surface area contributed by atoms with Gasteiger partial charge in [-0.2, -0.15) is 5.43 Å². The molecule has 0 atom stereocenters. The van der Waals surface area contributed by atoms with Gasteiger partial charge in [0.25, 0.3) is 11.5 Å². The molecule has 0 fully saturated rings. The molecule has 33 heavy (non-hydrogen) atoms. The minimum atomic E-state index is -0.487. The number of anilines is 1. The molecule has 0 unspecified atom stereocenters. The SMILES string of the molecule is O=C(C(=NNc1ccc([N+](=O)[O-])cc1)[n+]1cccc(-c2ccc(Cl)cc2)n1)c1ccccc1. The highest BCUT2D eigenvalue weighted by atomic mass is 35.5. The molecule has 9 heteroatoms. The molecule has 4 aromatic rings. The number of rotatable bonds is 6. The minimum Gasteiger partial charge on any atom is -0.280 e. The molecular formula is C24H17ClN5O3+. The van der Waals surface area contributed by atoms with Crippen LogP contribution < -0.4 is 10.1 Å². The van der Waals surface area contributed by atoms with E-state index in [-0.39, 0.29) is 17.3 Å². The van der Waals surface area contributed by atoms with Crippen molar-refractivity contribution in [3.63, 3.8) is 0 Å². The number of halogens is 1. The van der Waals surface area contributed by atoms with Crippen molar-refractivity contribution in [1.29, 1.82) is 0 Å². The van der Waals surface area contributed by atoms with Crippen LogP contribution in [0.3, 0.4) is 0 Å². The van der Waals surface area contributed by atoms with Crippen LogP contribution in [0.1, 0.15) is 10.4 Å². The average molecular weight is 459 g/mol. The number of non-ortho nitro benzene ring substituents is 1. The van der Waals surface area contributed by atoms with Crippen LogP contribution in [0.4, 0.5) is 11.4 Å². The third-order valence-electron chi connectivity index (χ3n) is 4.66. The van der Waals surface area contributed by atoms with Crippen molar-refractivity contribution in [1.82, 2.24) is 5.10 Å². The molecule has 1 aromatic heterocycles. The number of hydrogen-bond acceptors (Lipinski definition) is 6. The van der Waals surface area contributed by atoms with Gasteiger partial charge in [-0.3, -0.25) is 14.9 Å². The second-order valence-electron chi connectivity index (χ2n) is 6.89. The summed E-state index contributed by atoms with van der Waals surface area (Å²) in [6.45, 7) is 0. The number of hydrogen-bond donors (Lipinski definition) is 1. The van der Waals surface area contributed by atoms with E-state index < -0.39 is 4.92 Å². The molecule has 1 N–H and O–H groups in total. The van der Waals surface area contributed by atoms with Gasteiger partial charge in [-0.25, -0.2) is 0 Å².